The van der Waals surface area contributed by atoms with Crippen LogP contribution in [-0.4, -0.2) is 20.6 Å². The molecule has 0 spiro atoms. The summed E-state index contributed by atoms with van der Waals surface area (Å²) in [6.45, 7) is 1.81. The van der Waals surface area contributed by atoms with Crippen molar-refractivity contribution in [3.63, 3.8) is 0 Å². The van der Waals surface area contributed by atoms with Crippen LogP contribution in [0, 0.1) is 5.82 Å². The fourth-order valence-electron chi connectivity index (χ4n) is 2.14. The van der Waals surface area contributed by atoms with Gasteiger partial charge in [-0.3, -0.25) is 9.52 Å². The van der Waals surface area contributed by atoms with Gasteiger partial charge in [0.05, 0.1) is 12.3 Å². The van der Waals surface area contributed by atoms with Gasteiger partial charge in [-0.05, 0) is 48.4 Å². The number of rotatable bonds is 6. The zero-order chi connectivity index (χ0) is 18.4. The third-order valence-electron chi connectivity index (χ3n) is 3.37. The zero-order valence-corrected chi connectivity index (χ0v) is 14.7. The van der Waals surface area contributed by atoms with Crippen molar-refractivity contribution in [2.75, 3.05) is 11.0 Å². The fraction of sp³-hybridized carbons (Fsp3) is 0.167. The highest BCUT2D eigenvalue weighted by molar-refractivity contribution is 7.92. The number of carbonyl (C=O) groups excluding carboxylic acids is 1. The molecule has 0 bridgehead atoms. The maximum Gasteiger partial charge on any atom is 0.244 e. The van der Waals surface area contributed by atoms with Crippen molar-refractivity contribution in [2.24, 2.45) is 0 Å². The Bertz CT molecular complexity index is 860. The molecule has 1 amide bonds. The van der Waals surface area contributed by atoms with E-state index in [4.69, 9.17) is 0 Å². The standard InChI is InChI=1S/C18H19FN2O3S/c1-13(15-6-8-16(19)9-7-15)20-18(22)12-5-14-3-10-17(11-4-14)21-25(2,23)24/h3-13,21H,1-2H3,(H,20,22)/b12-5-/t13-/m1/s1. The molecule has 0 saturated carbocycles. The van der Waals surface area contributed by atoms with E-state index in [-0.39, 0.29) is 17.8 Å². The summed E-state index contributed by atoms with van der Waals surface area (Å²) >= 11 is 0. The second-order valence-corrected chi connectivity index (χ2v) is 7.36. The molecule has 0 fully saturated rings. The first-order valence-corrected chi connectivity index (χ1v) is 9.44. The van der Waals surface area contributed by atoms with Crippen molar-refractivity contribution >= 4 is 27.7 Å². The quantitative estimate of drug-likeness (QED) is 0.776. The number of anilines is 1. The lowest BCUT2D eigenvalue weighted by Gasteiger charge is -2.12. The molecular weight excluding hydrogens is 343 g/mol. The highest BCUT2D eigenvalue weighted by Gasteiger charge is 2.07. The summed E-state index contributed by atoms with van der Waals surface area (Å²) < 4.78 is 37.5. The number of hydrogen-bond donors (Lipinski definition) is 2. The number of halogens is 1. The summed E-state index contributed by atoms with van der Waals surface area (Å²) in [5, 5.41) is 2.79. The SMILES string of the molecule is C[C@@H](NC(=O)/C=C\c1ccc(NS(C)(=O)=O)cc1)c1ccc(F)cc1. The van der Waals surface area contributed by atoms with Crippen LogP contribution in [-0.2, 0) is 14.8 Å². The number of sulfonamides is 1. The summed E-state index contributed by atoms with van der Waals surface area (Å²) in [6, 6.07) is 12.3. The van der Waals surface area contributed by atoms with Gasteiger partial charge in [0.15, 0.2) is 0 Å². The van der Waals surface area contributed by atoms with Crippen molar-refractivity contribution in [1.29, 1.82) is 0 Å². The van der Waals surface area contributed by atoms with Crippen molar-refractivity contribution in [3.8, 4) is 0 Å². The van der Waals surface area contributed by atoms with Gasteiger partial charge >= 0.3 is 0 Å². The molecule has 0 unspecified atom stereocenters. The molecule has 5 nitrogen and oxygen atoms in total. The minimum absolute atomic E-state index is 0.251. The predicted octanol–water partition coefficient (Wildman–Crippen LogP) is 3.09. The van der Waals surface area contributed by atoms with E-state index >= 15 is 0 Å². The molecule has 0 aliphatic heterocycles. The van der Waals surface area contributed by atoms with Gasteiger partial charge in [0.25, 0.3) is 0 Å². The molecule has 0 saturated heterocycles. The molecule has 7 heteroatoms. The number of carbonyl (C=O) groups is 1. The van der Waals surface area contributed by atoms with E-state index in [1.165, 1.54) is 18.2 Å². The van der Waals surface area contributed by atoms with Gasteiger partial charge in [-0.2, -0.15) is 0 Å². The molecule has 2 rings (SSSR count). The Hall–Kier alpha value is -2.67. The Balaban J connectivity index is 1.94. The zero-order valence-electron chi connectivity index (χ0n) is 13.9. The van der Waals surface area contributed by atoms with Crippen LogP contribution in [0.4, 0.5) is 10.1 Å². The van der Waals surface area contributed by atoms with Crippen molar-refractivity contribution in [3.05, 3.63) is 71.6 Å². The molecule has 0 radical (unpaired) electrons. The fourth-order valence-corrected chi connectivity index (χ4v) is 2.71. The first-order valence-electron chi connectivity index (χ1n) is 7.55. The molecule has 2 aromatic carbocycles. The van der Waals surface area contributed by atoms with Crippen LogP contribution in [0.5, 0.6) is 0 Å². The van der Waals surface area contributed by atoms with Gasteiger partial charge < -0.3 is 5.32 Å². The molecule has 2 N–H and O–H groups in total. The number of nitrogens with one attached hydrogen (secondary N) is 2. The van der Waals surface area contributed by atoms with Crippen molar-refractivity contribution in [1.82, 2.24) is 5.32 Å². The number of benzene rings is 2. The average Bonchev–Trinajstić information content (AvgIpc) is 2.53. The second-order valence-electron chi connectivity index (χ2n) is 5.61. The van der Waals surface area contributed by atoms with Gasteiger partial charge in [0.2, 0.25) is 15.9 Å². The normalized spacial score (nSPS) is 12.8. The summed E-state index contributed by atoms with van der Waals surface area (Å²) in [7, 11) is -3.31. The smallest absolute Gasteiger partial charge is 0.244 e. The van der Waals surface area contributed by atoms with Crippen LogP contribution in [0.2, 0.25) is 0 Å². The number of hydrogen-bond acceptors (Lipinski definition) is 3. The molecule has 0 aromatic heterocycles. The van der Waals surface area contributed by atoms with Crippen LogP contribution in [0.3, 0.4) is 0 Å². The maximum atomic E-state index is 12.9. The summed E-state index contributed by atoms with van der Waals surface area (Å²) in [5.41, 5.74) is 2.01. The van der Waals surface area contributed by atoms with Crippen LogP contribution < -0.4 is 10.0 Å². The first kappa shape index (κ1) is 18.7. The minimum Gasteiger partial charge on any atom is -0.346 e. The maximum absolute atomic E-state index is 12.9. The Kier molecular flexibility index (Phi) is 5.93. The second kappa shape index (κ2) is 7.94. The van der Waals surface area contributed by atoms with E-state index in [1.54, 1.807) is 42.5 Å². The van der Waals surface area contributed by atoms with Crippen molar-refractivity contribution in [2.45, 2.75) is 13.0 Å². The first-order chi connectivity index (χ1) is 11.7. The Labute approximate surface area is 146 Å². The van der Waals surface area contributed by atoms with E-state index in [0.29, 0.717) is 5.69 Å². The molecule has 0 heterocycles. The highest BCUT2D eigenvalue weighted by Crippen LogP contribution is 2.14. The van der Waals surface area contributed by atoms with Gasteiger partial charge in [0.1, 0.15) is 5.82 Å². The average molecular weight is 362 g/mol. The topological polar surface area (TPSA) is 75.3 Å². The molecule has 132 valence electrons. The Morgan fingerprint density at radius 1 is 1.08 bits per heavy atom. The Morgan fingerprint density at radius 2 is 1.68 bits per heavy atom. The molecule has 0 aliphatic rings. The molecule has 2 aromatic rings. The van der Waals surface area contributed by atoms with Gasteiger partial charge in [-0.25, -0.2) is 12.8 Å². The molecule has 0 aliphatic carbocycles. The lowest BCUT2D eigenvalue weighted by atomic mass is 10.1. The lowest BCUT2D eigenvalue weighted by Crippen LogP contribution is -2.24. The van der Waals surface area contributed by atoms with Gasteiger partial charge in [-0.15, -0.1) is 0 Å². The monoisotopic (exact) mass is 362 g/mol. The Morgan fingerprint density at radius 3 is 2.24 bits per heavy atom. The van der Waals surface area contributed by atoms with Crippen LogP contribution in [0.25, 0.3) is 6.08 Å². The molecular formula is C18H19FN2O3S. The largest absolute Gasteiger partial charge is 0.346 e. The van der Waals surface area contributed by atoms with Crippen LogP contribution in [0.1, 0.15) is 24.1 Å². The number of amides is 1. The van der Waals surface area contributed by atoms with E-state index in [0.717, 1.165) is 17.4 Å². The van der Waals surface area contributed by atoms with Gasteiger partial charge in [0, 0.05) is 11.8 Å². The molecule has 25 heavy (non-hydrogen) atoms. The summed E-state index contributed by atoms with van der Waals surface area (Å²) in [6.07, 6.45) is 4.09. The predicted molar refractivity (Wildman–Crippen MR) is 96.9 cm³/mol. The summed E-state index contributed by atoms with van der Waals surface area (Å²) in [5.74, 6) is -0.605. The minimum atomic E-state index is -3.31. The van der Waals surface area contributed by atoms with Crippen molar-refractivity contribution < 1.29 is 17.6 Å². The third kappa shape index (κ3) is 6.39. The van der Waals surface area contributed by atoms with Crippen LogP contribution >= 0.6 is 0 Å². The lowest BCUT2D eigenvalue weighted by molar-refractivity contribution is -0.117. The van der Waals surface area contributed by atoms with Crippen LogP contribution in [0.15, 0.2) is 54.6 Å². The van der Waals surface area contributed by atoms with Gasteiger partial charge in [-0.1, -0.05) is 24.3 Å². The van der Waals surface area contributed by atoms with E-state index < -0.39 is 10.0 Å². The third-order valence-corrected chi connectivity index (χ3v) is 3.98. The highest BCUT2D eigenvalue weighted by atomic mass is 32.2. The van der Waals surface area contributed by atoms with E-state index in [1.807, 2.05) is 6.92 Å². The van der Waals surface area contributed by atoms with E-state index in [9.17, 15) is 17.6 Å². The summed E-state index contributed by atoms with van der Waals surface area (Å²) in [4.78, 5) is 12.0. The molecule has 1 atom stereocenters. The van der Waals surface area contributed by atoms with E-state index in [2.05, 4.69) is 10.0 Å².